The topological polar surface area (TPSA) is 97.7 Å². The van der Waals surface area contributed by atoms with Crippen molar-refractivity contribution in [2.24, 2.45) is 5.92 Å². The van der Waals surface area contributed by atoms with Crippen molar-refractivity contribution in [3.63, 3.8) is 0 Å². The molecular weight excluding hydrogens is 641 g/mol. The van der Waals surface area contributed by atoms with Crippen molar-refractivity contribution in [3.05, 3.63) is 102 Å². The number of nitrogens with zero attached hydrogens (tertiary/aromatic N) is 2. The number of imide groups is 1. The molecule has 3 heterocycles. The Morgan fingerprint density at radius 3 is 2.36 bits per heavy atom. The lowest BCUT2D eigenvalue weighted by atomic mass is 9.83. The highest BCUT2D eigenvalue weighted by molar-refractivity contribution is 8.00. The van der Waals surface area contributed by atoms with Crippen LogP contribution in [0.2, 0.25) is 15.1 Å². The van der Waals surface area contributed by atoms with Gasteiger partial charge in [-0.2, -0.15) is 0 Å². The summed E-state index contributed by atoms with van der Waals surface area (Å²) in [6.07, 6.45) is 0. The highest BCUT2D eigenvalue weighted by Crippen LogP contribution is 2.55. The number of methoxy groups -OCH3 is 1. The van der Waals surface area contributed by atoms with E-state index in [1.165, 1.54) is 16.6 Å². The third-order valence-electron chi connectivity index (χ3n) is 7.13. The summed E-state index contributed by atoms with van der Waals surface area (Å²) in [5.74, 6) is -2.30. The molecule has 3 amide bonds. The second-order valence-electron chi connectivity index (χ2n) is 9.57. The van der Waals surface area contributed by atoms with Gasteiger partial charge in [0.15, 0.2) is 0 Å². The molecule has 13 heteroatoms. The van der Waals surface area contributed by atoms with Gasteiger partial charge in [-0.25, -0.2) is 4.90 Å². The van der Waals surface area contributed by atoms with Gasteiger partial charge in [0.25, 0.3) is 0 Å². The second kappa shape index (κ2) is 11.4. The zero-order chi connectivity index (χ0) is 29.7. The fraction of sp³-hybridized carbons (Fsp3) is 0.172. The van der Waals surface area contributed by atoms with Crippen LogP contribution in [0.25, 0.3) is 0 Å². The zero-order valence-corrected chi connectivity index (χ0v) is 25.6. The van der Waals surface area contributed by atoms with Gasteiger partial charge in [0.05, 0.1) is 33.8 Å². The number of hydrogen-bond donors (Lipinski definition) is 1. The first-order chi connectivity index (χ1) is 20.2. The van der Waals surface area contributed by atoms with Crippen LogP contribution >= 0.6 is 57.9 Å². The van der Waals surface area contributed by atoms with Gasteiger partial charge in [0.2, 0.25) is 17.7 Å². The Morgan fingerprint density at radius 2 is 1.67 bits per heavy atom. The molecule has 1 fully saturated rings. The Hall–Kier alpha value is -3.28. The van der Waals surface area contributed by atoms with Crippen LogP contribution in [0.3, 0.4) is 0 Å². The van der Waals surface area contributed by atoms with E-state index in [1.807, 2.05) is 0 Å². The number of thiazole rings is 1. The normalized spacial score (nSPS) is 19.4. The second-order valence-corrected chi connectivity index (χ2v) is 12.9. The van der Waals surface area contributed by atoms with E-state index in [9.17, 15) is 19.2 Å². The number of rotatable bonds is 6. The Labute approximate surface area is 263 Å². The van der Waals surface area contributed by atoms with Crippen LogP contribution in [-0.4, -0.2) is 34.6 Å². The van der Waals surface area contributed by atoms with Gasteiger partial charge >= 0.3 is 4.87 Å². The molecule has 1 saturated heterocycles. The predicted octanol–water partition coefficient (Wildman–Crippen LogP) is 6.31. The number of carbonyl (C=O) groups is 3. The summed E-state index contributed by atoms with van der Waals surface area (Å²) in [4.78, 5) is 55.5. The SMILES string of the molecule is COc1ccc(N2C(=O)C3Sc4c(sc(=O)n4CC(=O)Nc4ccc(Cl)cc4)[C@H](c4cccc(Cl)c4Cl)C3C2=O)cc1. The van der Waals surface area contributed by atoms with E-state index in [1.54, 1.807) is 66.7 Å². The quantitative estimate of drug-likeness (QED) is 0.244. The van der Waals surface area contributed by atoms with Gasteiger partial charge < -0.3 is 10.1 Å². The summed E-state index contributed by atoms with van der Waals surface area (Å²) in [6.45, 7) is -0.294. The van der Waals surface area contributed by atoms with Gasteiger partial charge in [-0.15, -0.1) is 0 Å². The number of anilines is 2. The Bertz CT molecular complexity index is 1790. The number of benzene rings is 3. The van der Waals surface area contributed by atoms with E-state index in [2.05, 4.69) is 5.32 Å². The molecule has 42 heavy (non-hydrogen) atoms. The van der Waals surface area contributed by atoms with Crippen molar-refractivity contribution in [2.75, 3.05) is 17.3 Å². The maximum Gasteiger partial charge on any atom is 0.308 e. The van der Waals surface area contributed by atoms with Gasteiger partial charge in [-0.05, 0) is 60.2 Å². The molecule has 1 N–H and O–H groups in total. The third-order valence-corrected chi connectivity index (χ3v) is 10.8. The standard InChI is InChI=1S/C29H20Cl3N3O5S2/c1-40-17-11-9-16(10-12-17)35-26(37)22-21(18-3-2-4-19(31)23(18)32)25-28(41-24(22)27(35)38)34(29(39)42-25)13-20(36)33-15-7-5-14(30)6-8-15/h2-12,21-22,24H,13H2,1H3,(H,33,36)/t21-,22?,24?/m1/s1. The number of aromatic nitrogens is 1. The van der Waals surface area contributed by atoms with Gasteiger partial charge in [-0.1, -0.05) is 70.0 Å². The molecule has 1 aromatic heterocycles. The van der Waals surface area contributed by atoms with Gasteiger partial charge in [-0.3, -0.25) is 23.7 Å². The number of halogens is 3. The first-order valence-corrected chi connectivity index (χ1v) is 15.4. The summed E-state index contributed by atoms with van der Waals surface area (Å²) >= 11 is 21.0. The van der Waals surface area contributed by atoms with Crippen molar-refractivity contribution >= 4 is 87.0 Å². The molecule has 6 rings (SSSR count). The van der Waals surface area contributed by atoms with Crippen LogP contribution in [0.5, 0.6) is 5.75 Å². The number of amides is 3. The Balaban J connectivity index is 1.42. The lowest BCUT2D eigenvalue weighted by Crippen LogP contribution is -2.33. The highest BCUT2D eigenvalue weighted by Gasteiger charge is 2.57. The summed E-state index contributed by atoms with van der Waals surface area (Å²) in [6, 6.07) is 18.3. The smallest absolute Gasteiger partial charge is 0.308 e. The van der Waals surface area contributed by atoms with E-state index in [0.29, 0.717) is 37.6 Å². The minimum Gasteiger partial charge on any atom is -0.497 e. The van der Waals surface area contributed by atoms with E-state index in [-0.39, 0.29) is 16.6 Å². The lowest BCUT2D eigenvalue weighted by molar-refractivity contribution is -0.122. The number of ether oxygens (including phenoxy) is 1. The summed E-state index contributed by atoms with van der Waals surface area (Å²) in [7, 11) is 1.53. The molecule has 214 valence electrons. The summed E-state index contributed by atoms with van der Waals surface area (Å²) in [5.41, 5.74) is 1.45. The molecule has 3 atom stereocenters. The highest BCUT2D eigenvalue weighted by atomic mass is 35.5. The van der Waals surface area contributed by atoms with Crippen molar-refractivity contribution < 1.29 is 19.1 Å². The monoisotopic (exact) mass is 659 g/mol. The van der Waals surface area contributed by atoms with Crippen LogP contribution in [0.15, 0.2) is 76.6 Å². The minimum atomic E-state index is -0.869. The maximum absolute atomic E-state index is 14.0. The molecule has 2 aliphatic rings. The first kappa shape index (κ1) is 28.8. The lowest BCUT2D eigenvalue weighted by Gasteiger charge is -2.31. The maximum atomic E-state index is 14.0. The van der Waals surface area contributed by atoms with Crippen molar-refractivity contribution in [2.45, 2.75) is 22.7 Å². The van der Waals surface area contributed by atoms with Crippen molar-refractivity contribution in [1.29, 1.82) is 0 Å². The number of carbonyl (C=O) groups excluding carboxylic acids is 3. The van der Waals surface area contributed by atoms with E-state index >= 15 is 0 Å². The number of fused-ring (bicyclic) bond motifs is 2. The number of hydrogen-bond acceptors (Lipinski definition) is 7. The van der Waals surface area contributed by atoms with Crippen LogP contribution < -0.4 is 19.8 Å². The number of nitrogens with one attached hydrogen (secondary N) is 1. The predicted molar refractivity (Wildman–Crippen MR) is 166 cm³/mol. The van der Waals surface area contributed by atoms with Crippen LogP contribution in [0.4, 0.5) is 11.4 Å². The molecule has 2 unspecified atom stereocenters. The zero-order valence-electron chi connectivity index (χ0n) is 21.7. The number of thioether (sulfide) groups is 1. The Morgan fingerprint density at radius 1 is 0.952 bits per heavy atom. The average molecular weight is 661 g/mol. The van der Waals surface area contributed by atoms with E-state index < -0.39 is 39.7 Å². The fourth-order valence-electron chi connectivity index (χ4n) is 5.21. The van der Waals surface area contributed by atoms with Crippen LogP contribution in [0, 0.1) is 5.92 Å². The summed E-state index contributed by atoms with van der Waals surface area (Å²) in [5, 5.41) is 3.37. The van der Waals surface area contributed by atoms with E-state index in [4.69, 9.17) is 39.5 Å². The fourth-order valence-corrected chi connectivity index (χ4v) is 8.53. The molecule has 0 radical (unpaired) electrons. The molecule has 0 bridgehead atoms. The average Bonchev–Trinajstić information content (AvgIpc) is 3.42. The summed E-state index contributed by atoms with van der Waals surface area (Å²) < 4.78 is 6.56. The first-order valence-electron chi connectivity index (χ1n) is 12.6. The van der Waals surface area contributed by atoms with Gasteiger partial charge in [0, 0.05) is 21.5 Å². The van der Waals surface area contributed by atoms with Gasteiger partial charge in [0.1, 0.15) is 17.5 Å². The largest absolute Gasteiger partial charge is 0.497 e. The molecular formula is C29H20Cl3N3O5S2. The molecule has 0 aliphatic carbocycles. The molecule has 8 nitrogen and oxygen atoms in total. The molecule has 0 spiro atoms. The molecule has 4 aromatic rings. The van der Waals surface area contributed by atoms with Crippen molar-refractivity contribution in [1.82, 2.24) is 4.57 Å². The van der Waals surface area contributed by atoms with Crippen molar-refractivity contribution in [3.8, 4) is 5.75 Å². The molecule has 0 saturated carbocycles. The molecule has 2 aliphatic heterocycles. The Kier molecular flexibility index (Phi) is 7.84. The molecule has 3 aromatic carbocycles. The van der Waals surface area contributed by atoms with Crippen LogP contribution in [-0.2, 0) is 20.9 Å². The van der Waals surface area contributed by atoms with E-state index in [0.717, 1.165) is 23.1 Å². The van der Waals surface area contributed by atoms with Crippen LogP contribution in [0.1, 0.15) is 16.4 Å². The minimum absolute atomic E-state index is 0.233. The third kappa shape index (κ3) is 5.01.